The highest BCUT2D eigenvalue weighted by Crippen LogP contribution is 2.17. The molecule has 0 radical (unpaired) electrons. The first-order valence-electron chi connectivity index (χ1n) is 6.70. The molecule has 0 saturated carbocycles. The van der Waals surface area contributed by atoms with Crippen molar-refractivity contribution in [2.75, 3.05) is 0 Å². The van der Waals surface area contributed by atoms with Crippen LogP contribution in [0.3, 0.4) is 0 Å². The van der Waals surface area contributed by atoms with Gasteiger partial charge in [0, 0.05) is 5.57 Å². The van der Waals surface area contributed by atoms with Crippen molar-refractivity contribution in [1.82, 2.24) is 0 Å². The summed E-state index contributed by atoms with van der Waals surface area (Å²) in [6, 6.07) is 0. The summed E-state index contributed by atoms with van der Waals surface area (Å²) < 4.78 is 0. The van der Waals surface area contributed by atoms with Crippen LogP contribution >= 0.6 is 0 Å². The summed E-state index contributed by atoms with van der Waals surface area (Å²) in [6.45, 7) is 8.35. The highest BCUT2D eigenvalue weighted by Gasteiger charge is 2.09. The van der Waals surface area contributed by atoms with Gasteiger partial charge in [-0.3, -0.25) is 0 Å². The maximum Gasteiger partial charge on any atom is 0.352 e. The molecule has 2 N–H and O–H groups in total. The lowest BCUT2D eigenvalue weighted by Gasteiger charge is -2.10. The van der Waals surface area contributed by atoms with Crippen LogP contribution in [0, 0.1) is 5.92 Å². The number of nitrogens with two attached hydrogens (primary N) is 1. The Balaban J connectivity index is 3.83. The fourth-order valence-electron chi connectivity index (χ4n) is 1.88. The van der Waals surface area contributed by atoms with E-state index in [1.807, 2.05) is 6.92 Å². The van der Waals surface area contributed by atoms with Crippen molar-refractivity contribution in [2.45, 2.75) is 59.8 Å². The summed E-state index contributed by atoms with van der Waals surface area (Å²) >= 11 is 0. The maximum absolute atomic E-state index is 11.2. The normalized spacial score (nSPS) is 13.1. The quantitative estimate of drug-likeness (QED) is 0.405. The van der Waals surface area contributed by atoms with Crippen molar-refractivity contribution in [2.24, 2.45) is 11.8 Å². The van der Waals surface area contributed by atoms with E-state index in [1.54, 1.807) is 6.08 Å². The molecule has 104 valence electrons. The predicted molar refractivity (Wildman–Crippen MR) is 75.7 cm³/mol. The summed E-state index contributed by atoms with van der Waals surface area (Å²) in [7, 11) is 0. The van der Waals surface area contributed by atoms with Crippen LogP contribution in [0.4, 0.5) is 0 Å². The van der Waals surface area contributed by atoms with Crippen LogP contribution < -0.4 is 5.90 Å². The van der Waals surface area contributed by atoms with E-state index in [1.165, 1.54) is 12.0 Å². The fourth-order valence-corrected chi connectivity index (χ4v) is 1.88. The van der Waals surface area contributed by atoms with Gasteiger partial charge in [-0.1, -0.05) is 31.1 Å². The van der Waals surface area contributed by atoms with E-state index in [9.17, 15) is 4.79 Å². The lowest BCUT2D eigenvalue weighted by atomic mass is 9.96. The Hall–Kier alpha value is -1.09. The Morgan fingerprint density at radius 1 is 1.33 bits per heavy atom. The molecule has 0 fully saturated rings. The minimum atomic E-state index is -0.408. The van der Waals surface area contributed by atoms with Gasteiger partial charge in [0.1, 0.15) is 0 Å². The molecule has 0 aliphatic heterocycles. The van der Waals surface area contributed by atoms with Gasteiger partial charge in [0.25, 0.3) is 0 Å². The van der Waals surface area contributed by atoms with Crippen molar-refractivity contribution < 1.29 is 9.63 Å². The number of hydrogen-bond acceptors (Lipinski definition) is 3. The second kappa shape index (κ2) is 9.89. The highest BCUT2D eigenvalue weighted by molar-refractivity contribution is 5.87. The minimum absolute atomic E-state index is 0.408. The van der Waals surface area contributed by atoms with Crippen LogP contribution in [-0.4, -0.2) is 5.97 Å². The standard InChI is InChI=1S/C15H27NO2/c1-5-14(15(17)18-16)11-7-10-13(4)9-6-8-12(2)3/h5,8,13H,6-7,9-11,16H2,1-4H3. The lowest BCUT2D eigenvalue weighted by Crippen LogP contribution is -2.12. The first-order chi connectivity index (χ1) is 8.51. The average molecular weight is 253 g/mol. The van der Waals surface area contributed by atoms with Gasteiger partial charge in [0.15, 0.2) is 0 Å². The van der Waals surface area contributed by atoms with Crippen LogP contribution in [0.15, 0.2) is 23.3 Å². The van der Waals surface area contributed by atoms with E-state index in [-0.39, 0.29) is 0 Å². The molecule has 0 rings (SSSR count). The average Bonchev–Trinajstić information content (AvgIpc) is 2.33. The monoisotopic (exact) mass is 253 g/mol. The van der Waals surface area contributed by atoms with Gasteiger partial charge in [-0.15, -0.1) is 0 Å². The molecule has 0 spiro atoms. The van der Waals surface area contributed by atoms with Gasteiger partial charge < -0.3 is 4.84 Å². The summed E-state index contributed by atoms with van der Waals surface area (Å²) in [5.74, 6) is 5.16. The van der Waals surface area contributed by atoms with E-state index in [0.717, 1.165) is 25.7 Å². The largest absolute Gasteiger partial charge is 0.370 e. The first kappa shape index (κ1) is 16.9. The molecular weight excluding hydrogens is 226 g/mol. The zero-order chi connectivity index (χ0) is 14.0. The Kier molecular flexibility index (Phi) is 9.29. The van der Waals surface area contributed by atoms with Gasteiger partial charge >= 0.3 is 5.97 Å². The Morgan fingerprint density at radius 2 is 2.00 bits per heavy atom. The molecule has 0 aromatic carbocycles. The van der Waals surface area contributed by atoms with Gasteiger partial charge in [0.2, 0.25) is 0 Å². The van der Waals surface area contributed by atoms with E-state index >= 15 is 0 Å². The topological polar surface area (TPSA) is 52.3 Å². The van der Waals surface area contributed by atoms with Crippen molar-refractivity contribution >= 4 is 5.97 Å². The first-order valence-corrected chi connectivity index (χ1v) is 6.70. The summed E-state index contributed by atoms with van der Waals surface area (Å²) in [4.78, 5) is 15.5. The van der Waals surface area contributed by atoms with E-state index in [2.05, 4.69) is 31.7 Å². The molecular formula is C15H27NO2. The van der Waals surface area contributed by atoms with E-state index in [4.69, 9.17) is 5.90 Å². The van der Waals surface area contributed by atoms with Crippen LogP contribution in [0.1, 0.15) is 59.8 Å². The predicted octanol–water partition coefficient (Wildman–Crippen LogP) is 3.90. The number of rotatable bonds is 8. The zero-order valence-corrected chi connectivity index (χ0v) is 12.2. The van der Waals surface area contributed by atoms with Gasteiger partial charge in [0.05, 0.1) is 0 Å². The van der Waals surface area contributed by atoms with E-state index in [0.29, 0.717) is 11.5 Å². The summed E-state index contributed by atoms with van der Waals surface area (Å²) in [5, 5.41) is 0. The Bertz CT molecular complexity index is 302. The van der Waals surface area contributed by atoms with Crippen molar-refractivity contribution in [3.8, 4) is 0 Å². The molecule has 0 bridgehead atoms. The highest BCUT2D eigenvalue weighted by atomic mass is 16.7. The van der Waals surface area contributed by atoms with Crippen LogP contribution in [0.5, 0.6) is 0 Å². The third kappa shape index (κ3) is 8.07. The molecule has 1 unspecified atom stereocenters. The van der Waals surface area contributed by atoms with Crippen molar-refractivity contribution in [3.05, 3.63) is 23.3 Å². The number of carbonyl (C=O) groups is 1. The molecule has 3 heteroatoms. The molecule has 0 aromatic heterocycles. The Labute approximate surface area is 111 Å². The molecule has 0 amide bonds. The van der Waals surface area contributed by atoms with Crippen LogP contribution in [0.2, 0.25) is 0 Å². The minimum Gasteiger partial charge on any atom is -0.370 e. The number of carbonyl (C=O) groups excluding carboxylic acids is 1. The molecule has 18 heavy (non-hydrogen) atoms. The fraction of sp³-hybridized carbons (Fsp3) is 0.667. The summed E-state index contributed by atoms with van der Waals surface area (Å²) in [6.07, 6.45) is 9.29. The van der Waals surface area contributed by atoms with Gasteiger partial charge in [-0.05, 0) is 52.4 Å². The SMILES string of the molecule is CC=C(CCCC(C)CCC=C(C)C)C(=O)ON. The lowest BCUT2D eigenvalue weighted by molar-refractivity contribution is -0.139. The second-order valence-corrected chi connectivity index (χ2v) is 5.08. The molecule has 3 nitrogen and oxygen atoms in total. The van der Waals surface area contributed by atoms with Gasteiger partial charge in [-0.25, -0.2) is 4.79 Å². The maximum atomic E-state index is 11.2. The second-order valence-electron chi connectivity index (χ2n) is 5.08. The molecule has 0 aliphatic carbocycles. The number of allylic oxidation sites excluding steroid dienone is 3. The molecule has 1 atom stereocenters. The van der Waals surface area contributed by atoms with Crippen LogP contribution in [0.25, 0.3) is 0 Å². The third-order valence-electron chi connectivity index (χ3n) is 3.07. The van der Waals surface area contributed by atoms with Crippen molar-refractivity contribution in [1.29, 1.82) is 0 Å². The van der Waals surface area contributed by atoms with Gasteiger partial charge in [-0.2, -0.15) is 5.90 Å². The number of hydrogen-bond donors (Lipinski definition) is 1. The van der Waals surface area contributed by atoms with Crippen LogP contribution in [-0.2, 0) is 9.63 Å². The molecule has 0 saturated heterocycles. The smallest absolute Gasteiger partial charge is 0.352 e. The van der Waals surface area contributed by atoms with Crippen molar-refractivity contribution in [3.63, 3.8) is 0 Å². The van der Waals surface area contributed by atoms with E-state index < -0.39 is 5.97 Å². The summed E-state index contributed by atoms with van der Waals surface area (Å²) in [5.41, 5.74) is 2.05. The molecule has 0 aliphatic rings. The third-order valence-corrected chi connectivity index (χ3v) is 3.07. The molecule has 0 heterocycles. The molecule has 0 aromatic rings. The zero-order valence-electron chi connectivity index (χ0n) is 12.2. The Morgan fingerprint density at radius 3 is 2.50 bits per heavy atom.